The van der Waals surface area contributed by atoms with Crippen molar-refractivity contribution in [1.82, 2.24) is 15.2 Å². The monoisotopic (exact) mass is 464 g/mol. The summed E-state index contributed by atoms with van der Waals surface area (Å²) >= 11 is 0. The van der Waals surface area contributed by atoms with Crippen LogP contribution in [-0.4, -0.2) is 23.6 Å². The number of rotatable bonds is 5. The molecule has 1 aliphatic rings. The quantitative estimate of drug-likeness (QED) is 0.310. The lowest BCUT2D eigenvalue weighted by Crippen LogP contribution is -2.42. The third-order valence-electron chi connectivity index (χ3n) is 4.31. The topological polar surface area (TPSA) is 58.4 Å². The van der Waals surface area contributed by atoms with E-state index in [9.17, 15) is 4.79 Å². The summed E-state index contributed by atoms with van der Waals surface area (Å²) in [6, 6.07) is 13.9. The summed E-state index contributed by atoms with van der Waals surface area (Å²) < 4.78 is 1.70. The molecule has 0 radical (unpaired) electrons. The number of benzene rings is 1. The van der Waals surface area contributed by atoms with E-state index in [1.807, 2.05) is 12.3 Å². The number of guanidine groups is 1. The van der Waals surface area contributed by atoms with Crippen LogP contribution in [0.25, 0.3) is 0 Å². The summed E-state index contributed by atoms with van der Waals surface area (Å²) in [5.41, 5.74) is 2.30. The van der Waals surface area contributed by atoms with Gasteiger partial charge >= 0.3 is 0 Å². The van der Waals surface area contributed by atoms with Crippen LogP contribution in [-0.2, 0) is 13.1 Å². The van der Waals surface area contributed by atoms with Crippen molar-refractivity contribution < 1.29 is 0 Å². The van der Waals surface area contributed by atoms with E-state index in [-0.39, 0.29) is 29.5 Å². The van der Waals surface area contributed by atoms with Crippen molar-refractivity contribution >= 4 is 29.9 Å². The highest BCUT2D eigenvalue weighted by atomic mass is 127. The predicted octanol–water partition coefficient (Wildman–Crippen LogP) is 2.90. The molecule has 1 aromatic carbocycles. The maximum atomic E-state index is 11.8. The Hall–Kier alpha value is -2.09. The van der Waals surface area contributed by atoms with Crippen LogP contribution >= 0.6 is 24.0 Å². The molecule has 2 N–H and O–H groups in total. The highest BCUT2D eigenvalue weighted by molar-refractivity contribution is 14.0. The van der Waals surface area contributed by atoms with Gasteiger partial charge in [0.05, 0.1) is 6.54 Å². The van der Waals surface area contributed by atoms with Crippen molar-refractivity contribution in [3.63, 3.8) is 0 Å². The Kier molecular flexibility index (Phi) is 7.90. The van der Waals surface area contributed by atoms with E-state index in [0.717, 1.165) is 24.4 Å². The van der Waals surface area contributed by atoms with Gasteiger partial charge in [-0.15, -0.1) is 24.0 Å². The first-order valence-corrected chi connectivity index (χ1v) is 8.60. The zero-order chi connectivity index (χ0) is 17.5. The fourth-order valence-electron chi connectivity index (χ4n) is 2.86. The van der Waals surface area contributed by atoms with Crippen molar-refractivity contribution in [3.05, 3.63) is 82.3 Å². The van der Waals surface area contributed by atoms with E-state index in [1.165, 1.54) is 5.56 Å². The van der Waals surface area contributed by atoms with Gasteiger partial charge in [0.25, 0.3) is 5.56 Å². The number of halogens is 1. The molecule has 3 rings (SSSR count). The van der Waals surface area contributed by atoms with E-state index in [1.54, 1.807) is 23.7 Å². The van der Waals surface area contributed by atoms with E-state index in [4.69, 9.17) is 0 Å². The molecule has 0 bridgehead atoms. The minimum atomic E-state index is 0. The molecule has 0 spiro atoms. The van der Waals surface area contributed by atoms with Crippen LogP contribution in [0.1, 0.15) is 24.0 Å². The van der Waals surface area contributed by atoms with Crippen LogP contribution in [0.4, 0.5) is 0 Å². The third-order valence-corrected chi connectivity index (χ3v) is 4.31. The Bertz CT molecular complexity index is 803. The maximum absolute atomic E-state index is 11.8. The molecule has 0 fully saturated rings. The van der Waals surface area contributed by atoms with Crippen LogP contribution < -0.4 is 16.2 Å². The number of nitrogens with one attached hydrogen (secondary N) is 2. The van der Waals surface area contributed by atoms with Crippen molar-refractivity contribution in [2.45, 2.75) is 32.0 Å². The average molecular weight is 464 g/mol. The molecule has 1 aromatic heterocycles. The average Bonchev–Trinajstić information content (AvgIpc) is 3.15. The summed E-state index contributed by atoms with van der Waals surface area (Å²) in [7, 11) is 1.79. The molecule has 0 unspecified atom stereocenters. The summed E-state index contributed by atoms with van der Waals surface area (Å²) in [6.45, 7) is 1.30. The zero-order valence-corrected chi connectivity index (χ0v) is 17.2. The molecule has 5 nitrogen and oxygen atoms in total. The van der Waals surface area contributed by atoms with Gasteiger partial charge in [-0.25, -0.2) is 0 Å². The van der Waals surface area contributed by atoms with Gasteiger partial charge in [0.1, 0.15) is 0 Å². The van der Waals surface area contributed by atoms with Crippen molar-refractivity contribution in [2.24, 2.45) is 4.99 Å². The first-order valence-electron chi connectivity index (χ1n) is 8.60. The van der Waals surface area contributed by atoms with Gasteiger partial charge in [-0.1, -0.05) is 42.5 Å². The molecule has 0 aliphatic heterocycles. The molecule has 1 aliphatic carbocycles. The van der Waals surface area contributed by atoms with Crippen molar-refractivity contribution in [1.29, 1.82) is 0 Å². The Morgan fingerprint density at radius 3 is 2.46 bits per heavy atom. The maximum Gasteiger partial charge on any atom is 0.250 e. The number of hydrogen-bond acceptors (Lipinski definition) is 2. The fourth-order valence-corrected chi connectivity index (χ4v) is 2.86. The van der Waals surface area contributed by atoms with Gasteiger partial charge in [-0.05, 0) is 30.0 Å². The van der Waals surface area contributed by atoms with Crippen LogP contribution in [0.15, 0.2) is 70.6 Å². The van der Waals surface area contributed by atoms with Gasteiger partial charge in [-0.2, -0.15) is 0 Å². The Balaban J connectivity index is 0.00000243. The van der Waals surface area contributed by atoms with Crippen LogP contribution in [0.5, 0.6) is 0 Å². The smallest absolute Gasteiger partial charge is 0.250 e. The highest BCUT2D eigenvalue weighted by Gasteiger charge is 2.11. The number of nitrogens with zero attached hydrogens (tertiary/aromatic N) is 2. The van der Waals surface area contributed by atoms with Gasteiger partial charge in [0.15, 0.2) is 5.96 Å². The Morgan fingerprint density at radius 1 is 1.12 bits per heavy atom. The molecular formula is C20H25IN4O. The number of aliphatic imine (C=N–C) groups is 1. The minimum absolute atomic E-state index is 0. The number of aromatic nitrogens is 1. The van der Waals surface area contributed by atoms with Gasteiger partial charge in [0.2, 0.25) is 0 Å². The summed E-state index contributed by atoms with van der Waals surface area (Å²) in [6.07, 6.45) is 8.30. The minimum Gasteiger partial charge on any atom is -0.353 e. The second-order valence-electron chi connectivity index (χ2n) is 6.19. The lowest BCUT2D eigenvalue weighted by Gasteiger charge is -2.17. The van der Waals surface area contributed by atoms with E-state index < -0.39 is 0 Å². The normalized spacial score (nSPS) is 14.1. The zero-order valence-electron chi connectivity index (χ0n) is 14.9. The molecular weight excluding hydrogens is 439 g/mol. The first-order chi connectivity index (χ1) is 12.2. The second-order valence-corrected chi connectivity index (χ2v) is 6.19. The lowest BCUT2D eigenvalue weighted by molar-refractivity contribution is 0.633. The summed E-state index contributed by atoms with van der Waals surface area (Å²) in [4.78, 5) is 16.0. The number of pyridine rings is 1. The molecule has 2 aromatic rings. The van der Waals surface area contributed by atoms with Crippen LogP contribution in [0, 0.1) is 0 Å². The Morgan fingerprint density at radius 2 is 1.81 bits per heavy atom. The van der Waals surface area contributed by atoms with Crippen molar-refractivity contribution in [2.75, 3.05) is 7.05 Å². The van der Waals surface area contributed by atoms with Gasteiger partial charge in [-0.3, -0.25) is 9.79 Å². The number of hydrogen-bond donors (Lipinski definition) is 2. The standard InChI is InChI=1S/C20H24N4O.HI/c1-21-20(23-18-6-2-3-7-18)22-14-16-9-11-17(12-10-16)15-24-13-5-4-8-19(24)25;/h2-5,8-13,18H,6-7,14-15H2,1H3,(H2,21,22,23);1H. The highest BCUT2D eigenvalue weighted by Crippen LogP contribution is 2.09. The second kappa shape index (κ2) is 10.2. The largest absolute Gasteiger partial charge is 0.353 e. The molecule has 138 valence electrons. The molecule has 0 saturated carbocycles. The van der Waals surface area contributed by atoms with E-state index >= 15 is 0 Å². The van der Waals surface area contributed by atoms with Gasteiger partial charge < -0.3 is 15.2 Å². The van der Waals surface area contributed by atoms with Crippen molar-refractivity contribution in [3.8, 4) is 0 Å². The lowest BCUT2D eigenvalue weighted by atomic mass is 10.1. The van der Waals surface area contributed by atoms with Crippen LogP contribution in [0.2, 0.25) is 0 Å². The van der Waals surface area contributed by atoms with Crippen LogP contribution in [0.3, 0.4) is 0 Å². The first kappa shape index (κ1) is 20.2. The van der Waals surface area contributed by atoms with E-state index in [2.05, 4.69) is 52.0 Å². The summed E-state index contributed by atoms with van der Waals surface area (Å²) in [5, 5.41) is 6.77. The molecule has 0 saturated heterocycles. The molecule has 1 heterocycles. The van der Waals surface area contributed by atoms with Gasteiger partial charge in [0, 0.05) is 31.9 Å². The fraction of sp³-hybridized carbons (Fsp3) is 0.300. The summed E-state index contributed by atoms with van der Waals surface area (Å²) in [5.74, 6) is 0.827. The predicted molar refractivity (Wildman–Crippen MR) is 117 cm³/mol. The third kappa shape index (κ3) is 5.72. The van der Waals surface area contributed by atoms with E-state index in [0.29, 0.717) is 19.1 Å². The SMILES string of the molecule is CN=C(NCc1ccc(Cn2ccccc2=O)cc1)NC1CC=CC1.I. The molecule has 26 heavy (non-hydrogen) atoms. The molecule has 0 amide bonds. The molecule has 0 atom stereocenters. The molecule has 6 heteroatoms. The Labute approximate surface area is 171 Å².